The number of rotatable bonds is 8. The molecule has 1 spiro atoms. The van der Waals surface area contributed by atoms with Gasteiger partial charge in [0.05, 0.1) is 17.7 Å². The molecule has 0 radical (unpaired) electrons. The first kappa shape index (κ1) is 30.0. The Morgan fingerprint density at radius 3 is 2.38 bits per heavy atom. The number of ether oxygens (including phenoxy) is 1. The predicted molar refractivity (Wildman–Crippen MR) is 147 cm³/mol. The van der Waals surface area contributed by atoms with Crippen molar-refractivity contribution in [2.75, 3.05) is 52.8 Å². The first-order valence-corrected chi connectivity index (χ1v) is 13.6. The number of carbonyl (C=O) groups excluding carboxylic acids is 2. The Morgan fingerprint density at radius 2 is 1.80 bits per heavy atom. The third-order valence-corrected chi connectivity index (χ3v) is 8.75. The monoisotopic (exact) mass is 581 g/mol. The molecular formula is C29H35ClF3N3O4. The van der Waals surface area contributed by atoms with Crippen molar-refractivity contribution in [3.05, 3.63) is 58.6 Å². The van der Waals surface area contributed by atoms with Crippen molar-refractivity contribution in [1.29, 1.82) is 0 Å². The molecule has 218 valence electrons. The van der Waals surface area contributed by atoms with Crippen LogP contribution in [0.2, 0.25) is 5.02 Å². The molecule has 2 amide bonds. The van der Waals surface area contributed by atoms with Gasteiger partial charge < -0.3 is 24.5 Å². The van der Waals surface area contributed by atoms with Gasteiger partial charge in [0, 0.05) is 52.0 Å². The van der Waals surface area contributed by atoms with Crippen LogP contribution in [-0.2, 0) is 10.4 Å². The molecule has 11 heteroatoms. The Bertz CT molecular complexity index is 1260. The van der Waals surface area contributed by atoms with Crippen molar-refractivity contribution >= 4 is 29.1 Å². The van der Waals surface area contributed by atoms with Crippen molar-refractivity contribution in [3.63, 3.8) is 0 Å². The molecule has 40 heavy (non-hydrogen) atoms. The van der Waals surface area contributed by atoms with Gasteiger partial charge in [0.25, 0.3) is 17.4 Å². The van der Waals surface area contributed by atoms with Crippen LogP contribution >= 0.6 is 11.6 Å². The van der Waals surface area contributed by atoms with Crippen molar-refractivity contribution in [2.45, 2.75) is 37.5 Å². The lowest BCUT2D eigenvalue weighted by atomic mass is 9.89. The van der Waals surface area contributed by atoms with Gasteiger partial charge in [-0.15, -0.1) is 0 Å². The fourth-order valence-electron chi connectivity index (χ4n) is 5.76. The Balaban J connectivity index is 1.35. The molecule has 1 saturated carbocycles. The van der Waals surface area contributed by atoms with Gasteiger partial charge in [-0.2, -0.15) is 13.2 Å². The number of anilines is 1. The first-order chi connectivity index (χ1) is 18.7. The normalized spacial score (nSPS) is 19.6. The third kappa shape index (κ3) is 5.61. The smallest absolute Gasteiger partial charge is 0.430 e. The Hall–Kier alpha value is -2.98. The summed E-state index contributed by atoms with van der Waals surface area (Å²) in [6, 6.07) is 10.3. The maximum atomic E-state index is 14.1. The second-order valence-corrected chi connectivity index (χ2v) is 11.5. The number of aliphatic hydroxyl groups is 1. The first-order valence-electron chi connectivity index (χ1n) is 13.2. The van der Waals surface area contributed by atoms with Crippen molar-refractivity contribution in [3.8, 4) is 5.75 Å². The van der Waals surface area contributed by atoms with Crippen LogP contribution in [0, 0.1) is 11.3 Å². The number of hydrogen-bond acceptors (Lipinski definition) is 5. The summed E-state index contributed by atoms with van der Waals surface area (Å²) in [5, 5.41) is 11.1. The SMILES string of the molecule is COc1cccc(C(O)(C(=O)N(C)CC[C@@H]2CC23CCN(c2ccc(C(=O)N(C)C)c(Cl)c2)CC3)C(F)(F)F)c1. The highest BCUT2D eigenvalue weighted by Gasteiger charge is 2.62. The molecule has 4 rings (SSSR count). The summed E-state index contributed by atoms with van der Waals surface area (Å²) in [6.45, 7) is 1.70. The number of likely N-dealkylation sites (N-methyl/N-ethyl adjacent to an activating group) is 1. The van der Waals surface area contributed by atoms with Crippen LogP contribution < -0.4 is 9.64 Å². The highest BCUT2D eigenvalue weighted by atomic mass is 35.5. The van der Waals surface area contributed by atoms with E-state index in [1.807, 2.05) is 12.1 Å². The molecular weight excluding hydrogens is 547 g/mol. The number of hydrogen-bond donors (Lipinski definition) is 1. The van der Waals surface area contributed by atoms with E-state index in [1.54, 1.807) is 20.2 Å². The van der Waals surface area contributed by atoms with E-state index in [9.17, 15) is 27.9 Å². The summed E-state index contributed by atoms with van der Waals surface area (Å²) in [7, 11) is 5.95. The Kier molecular flexibility index (Phi) is 8.34. The topological polar surface area (TPSA) is 73.3 Å². The van der Waals surface area contributed by atoms with Gasteiger partial charge in [0.15, 0.2) is 0 Å². The maximum Gasteiger partial charge on any atom is 0.430 e. The summed E-state index contributed by atoms with van der Waals surface area (Å²) < 4.78 is 47.2. The molecule has 1 N–H and O–H groups in total. The highest BCUT2D eigenvalue weighted by Crippen LogP contribution is 2.61. The van der Waals surface area contributed by atoms with Gasteiger partial charge in [-0.1, -0.05) is 23.7 Å². The molecule has 2 fully saturated rings. The van der Waals surface area contributed by atoms with E-state index >= 15 is 0 Å². The van der Waals surface area contributed by atoms with Crippen LogP contribution in [-0.4, -0.2) is 80.8 Å². The highest BCUT2D eigenvalue weighted by molar-refractivity contribution is 6.34. The fourth-order valence-corrected chi connectivity index (χ4v) is 6.02. The minimum absolute atomic E-state index is 0.105. The van der Waals surface area contributed by atoms with Crippen LogP contribution in [0.25, 0.3) is 0 Å². The van der Waals surface area contributed by atoms with Crippen molar-refractivity contribution in [1.82, 2.24) is 9.80 Å². The molecule has 1 unspecified atom stereocenters. The molecule has 2 atom stereocenters. The summed E-state index contributed by atoms with van der Waals surface area (Å²) >= 11 is 6.39. The number of methoxy groups -OCH3 is 1. The molecule has 1 aliphatic carbocycles. The van der Waals surface area contributed by atoms with E-state index < -0.39 is 23.2 Å². The molecule has 7 nitrogen and oxygen atoms in total. The number of piperidine rings is 1. The van der Waals surface area contributed by atoms with Crippen LogP contribution in [0.5, 0.6) is 5.75 Å². The minimum Gasteiger partial charge on any atom is -0.497 e. The lowest BCUT2D eigenvalue weighted by Crippen LogP contribution is -2.55. The van der Waals surface area contributed by atoms with Crippen LogP contribution in [0.15, 0.2) is 42.5 Å². The zero-order chi connectivity index (χ0) is 29.5. The molecule has 1 heterocycles. The average Bonchev–Trinajstić information content (AvgIpc) is 3.60. The van der Waals surface area contributed by atoms with Crippen LogP contribution in [0.4, 0.5) is 18.9 Å². The second kappa shape index (κ2) is 11.1. The average molecular weight is 582 g/mol. The van der Waals surface area contributed by atoms with E-state index in [0.717, 1.165) is 55.1 Å². The molecule has 0 bridgehead atoms. The molecule has 2 aromatic rings. The zero-order valence-electron chi connectivity index (χ0n) is 23.1. The van der Waals surface area contributed by atoms with Crippen molar-refractivity contribution < 1.29 is 32.6 Å². The predicted octanol–water partition coefficient (Wildman–Crippen LogP) is 4.96. The zero-order valence-corrected chi connectivity index (χ0v) is 23.8. The maximum absolute atomic E-state index is 14.1. The number of carbonyl (C=O) groups is 2. The molecule has 2 aliphatic rings. The third-order valence-electron chi connectivity index (χ3n) is 8.44. The Labute approximate surface area is 237 Å². The van der Waals surface area contributed by atoms with Gasteiger partial charge in [-0.3, -0.25) is 9.59 Å². The van der Waals surface area contributed by atoms with Gasteiger partial charge in [0.2, 0.25) is 0 Å². The minimum atomic E-state index is -5.21. The molecule has 1 saturated heterocycles. The number of benzene rings is 2. The van der Waals surface area contributed by atoms with E-state index in [1.165, 1.54) is 31.2 Å². The summed E-state index contributed by atoms with van der Waals surface area (Å²) in [5.41, 5.74) is -2.74. The number of alkyl halides is 3. The van der Waals surface area contributed by atoms with Gasteiger partial charge in [0.1, 0.15) is 5.75 Å². The second-order valence-electron chi connectivity index (χ2n) is 11.1. The summed E-state index contributed by atoms with van der Waals surface area (Å²) in [5.74, 6) is -1.16. The van der Waals surface area contributed by atoms with Gasteiger partial charge in [-0.25, -0.2) is 0 Å². The molecule has 2 aromatic carbocycles. The lowest BCUT2D eigenvalue weighted by molar-refractivity contribution is -0.261. The summed E-state index contributed by atoms with van der Waals surface area (Å²) in [4.78, 5) is 30.0. The van der Waals surface area contributed by atoms with E-state index in [0.29, 0.717) is 22.9 Å². The Morgan fingerprint density at radius 1 is 1.12 bits per heavy atom. The number of halogens is 4. The van der Waals surface area contributed by atoms with Crippen LogP contribution in [0.1, 0.15) is 41.6 Å². The largest absolute Gasteiger partial charge is 0.497 e. The molecule has 0 aromatic heterocycles. The molecule has 1 aliphatic heterocycles. The number of nitrogens with zero attached hydrogens (tertiary/aromatic N) is 3. The van der Waals surface area contributed by atoms with Gasteiger partial charge >= 0.3 is 6.18 Å². The van der Waals surface area contributed by atoms with E-state index in [4.69, 9.17) is 16.3 Å². The van der Waals surface area contributed by atoms with Crippen molar-refractivity contribution in [2.24, 2.45) is 11.3 Å². The van der Waals surface area contributed by atoms with Gasteiger partial charge in [-0.05, 0) is 67.3 Å². The number of amides is 2. The quantitative estimate of drug-likeness (QED) is 0.477. The van der Waals surface area contributed by atoms with E-state index in [-0.39, 0.29) is 23.6 Å². The van der Waals surface area contributed by atoms with E-state index in [2.05, 4.69) is 4.90 Å². The summed E-state index contributed by atoms with van der Waals surface area (Å²) in [6.07, 6.45) is -1.86. The standard InChI is InChI=1S/C29H35ClF3N3O4/c1-34(2)25(37)23-9-8-21(17-24(23)30)36-14-11-27(12-15-36)18-20(27)10-13-35(3)26(38)28(39,29(31,32)33)19-6-5-7-22(16-19)40-4/h5-9,16-17,20,39H,10-15,18H2,1-4H3/t20-,28?/m1/s1. The fraction of sp³-hybridized carbons (Fsp3) is 0.517. The van der Waals surface area contributed by atoms with Crippen LogP contribution in [0.3, 0.4) is 0 Å². The lowest BCUT2D eigenvalue weighted by Gasteiger charge is -2.35.